The van der Waals surface area contributed by atoms with Crippen molar-refractivity contribution in [3.8, 4) is 0 Å². The van der Waals surface area contributed by atoms with Crippen molar-refractivity contribution in [2.24, 2.45) is 0 Å². The van der Waals surface area contributed by atoms with E-state index in [4.69, 9.17) is 10.2 Å². The van der Waals surface area contributed by atoms with Crippen LogP contribution in [0.5, 0.6) is 0 Å². The minimum absolute atomic E-state index is 0.0286. The average Bonchev–Trinajstić information content (AvgIpc) is 2.39. The maximum absolute atomic E-state index is 13.2. The van der Waals surface area contributed by atoms with Gasteiger partial charge in [0.1, 0.15) is 5.82 Å². The molecule has 1 rings (SSSR count). The third-order valence-electron chi connectivity index (χ3n) is 2.87. The van der Waals surface area contributed by atoms with E-state index in [1.807, 2.05) is 0 Å². The highest BCUT2D eigenvalue weighted by molar-refractivity contribution is 6.01. The smallest absolute Gasteiger partial charge is 0.305 e. The highest BCUT2D eigenvalue weighted by Crippen LogP contribution is 2.12. The third kappa shape index (κ3) is 5.31. The Labute approximate surface area is 120 Å². The van der Waals surface area contributed by atoms with Crippen LogP contribution in [-0.4, -0.2) is 40.5 Å². The van der Waals surface area contributed by atoms with Gasteiger partial charge in [0.05, 0.1) is 18.9 Å². The Morgan fingerprint density at radius 2 is 1.90 bits per heavy atom. The summed E-state index contributed by atoms with van der Waals surface area (Å²) in [7, 11) is 0. The van der Waals surface area contributed by atoms with Crippen LogP contribution in [0, 0.1) is 12.7 Å². The van der Waals surface area contributed by atoms with Crippen LogP contribution < -0.4 is 5.32 Å². The zero-order valence-electron chi connectivity index (χ0n) is 11.4. The largest absolute Gasteiger partial charge is 0.481 e. The van der Waals surface area contributed by atoms with Crippen LogP contribution in [0.2, 0.25) is 0 Å². The van der Waals surface area contributed by atoms with Crippen LogP contribution in [-0.2, 0) is 9.59 Å². The van der Waals surface area contributed by atoms with Gasteiger partial charge in [0.2, 0.25) is 0 Å². The number of hydrogen-bond acceptors (Lipinski definition) is 4. The lowest BCUT2D eigenvalue weighted by Crippen LogP contribution is -2.39. The summed E-state index contributed by atoms with van der Waals surface area (Å²) in [5.41, 5.74) is 0.462. The molecular weight excluding hydrogens is 281 g/mol. The Balaban J connectivity index is 2.85. The maximum atomic E-state index is 13.2. The predicted molar refractivity (Wildman–Crippen MR) is 71.8 cm³/mol. The average molecular weight is 297 g/mol. The van der Waals surface area contributed by atoms with Crippen molar-refractivity contribution in [3.63, 3.8) is 0 Å². The van der Waals surface area contributed by atoms with E-state index in [0.29, 0.717) is 0 Å². The predicted octanol–water partition coefficient (Wildman–Crippen LogP) is 1.22. The number of hydrogen-bond donors (Lipinski definition) is 3. The van der Waals surface area contributed by atoms with Gasteiger partial charge in [-0.15, -0.1) is 0 Å². The summed E-state index contributed by atoms with van der Waals surface area (Å²) in [6.07, 6.45) is -0.708. The second-order valence-corrected chi connectivity index (χ2v) is 4.58. The zero-order valence-corrected chi connectivity index (χ0v) is 11.4. The summed E-state index contributed by atoms with van der Waals surface area (Å²) >= 11 is 0. The number of carboxylic acid groups (broad SMARTS) is 2. The van der Waals surface area contributed by atoms with Gasteiger partial charge in [-0.1, -0.05) is 0 Å². The summed E-state index contributed by atoms with van der Waals surface area (Å²) < 4.78 is 13.2. The first-order valence-corrected chi connectivity index (χ1v) is 6.28. The molecule has 0 fully saturated rings. The quantitative estimate of drug-likeness (QED) is 0.623. The summed E-state index contributed by atoms with van der Waals surface area (Å²) in [4.78, 5) is 33.5. The molecule has 1 unspecified atom stereocenters. The molecule has 0 heterocycles. The van der Waals surface area contributed by atoms with Crippen LogP contribution in [0.4, 0.5) is 4.39 Å². The molecule has 1 aromatic rings. The molecule has 1 aromatic carbocycles. The summed E-state index contributed by atoms with van der Waals surface area (Å²) in [5, 5.41) is 20.0. The van der Waals surface area contributed by atoms with Crippen LogP contribution in [0.25, 0.3) is 0 Å². The van der Waals surface area contributed by atoms with Crippen molar-refractivity contribution < 1.29 is 29.0 Å². The Morgan fingerprint density at radius 3 is 2.43 bits per heavy atom. The van der Waals surface area contributed by atoms with E-state index in [9.17, 15) is 18.8 Å². The molecule has 114 valence electrons. The molecular formula is C14H16FNO5. The number of aliphatic carboxylic acids is 2. The molecule has 0 saturated carbocycles. The SMILES string of the molecule is Cc1cc(C(=O)C(CC(=O)O)NCCC(=O)O)ccc1F. The van der Waals surface area contributed by atoms with E-state index >= 15 is 0 Å². The Kier molecular flexibility index (Phi) is 5.98. The van der Waals surface area contributed by atoms with Gasteiger partial charge in [-0.3, -0.25) is 14.4 Å². The number of aryl methyl sites for hydroxylation is 1. The highest BCUT2D eigenvalue weighted by Gasteiger charge is 2.23. The molecule has 0 aliphatic heterocycles. The molecule has 0 radical (unpaired) electrons. The number of rotatable bonds is 8. The fourth-order valence-electron chi connectivity index (χ4n) is 1.78. The number of ketones is 1. The maximum Gasteiger partial charge on any atom is 0.305 e. The van der Waals surface area contributed by atoms with Crippen LogP contribution in [0.3, 0.4) is 0 Å². The number of carbonyl (C=O) groups excluding carboxylic acids is 1. The minimum Gasteiger partial charge on any atom is -0.481 e. The van der Waals surface area contributed by atoms with Crippen molar-refractivity contribution in [2.45, 2.75) is 25.8 Å². The van der Waals surface area contributed by atoms with Gasteiger partial charge in [0.15, 0.2) is 5.78 Å². The van der Waals surface area contributed by atoms with Crippen molar-refractivity contribution in [1.82, 2.24) is 5.32 Å². The lowest BCUT2D eigenvalue weighted by atomic mass is 9.99. The molecule has 1 atom stereocenters. The highest BCUT2D eigenvalue weighted by atomic mass is 19.1. The van der Waals surface area contributed by atoms with Crippen LogP contribution in [0.1, 0.15) is 28.8 Å². The molecule has 0 aromatic heterocycles. The van der Waals surface area contributed by atoms with E-state index in [0.717, 1.165) is 6.07 Å². The monoisotopic (exact) mass is 297 g/mol. The molecule has 21 heavy (non-hydrogen) atoms. The van der Waals surface area contributed by atoms with Crippen LogP contribution >= 0.6 is 0 Å². The number of halogens is 1. The molecule has 7 heteroatoms. The van der Waals surface area contributed by atoms with Gasteiger partial charge in [0, 0.05) is 12.1 Å². The third-order valence-corrected chi connectivity index (χ3v) is 2.87. The lowest BCUT2D eigenvalue weighted by molar-refractivity contribution is -0.137. The molecule has 0 amide bonds. The van der Waals surface area contributed by atoms with Gasteiger partial charge < -0.3 is 15.5 Å². The Bertz CT molecular complexity index is 558. The van der Waals surface area contributed by atoms with E-state index in [1.165, 1.54) is 19.1 Å². The minimum atomic E-state index is -1.19. The standard InChI is InChI=1S/C14H16FNO5/c1-8-6-9(2-3-10(8)15)14(21)11(7-13(19)20)16-5-4-12(17)18/h2-3,6,11,16H,4-5,7H2,1H3,(H,17,18)(H,19,20). The summed E-state index contributed by atoms with van der Waals surface area (Å²) in [6, 6.07) is 2.70. The van der Waals surface area contributed by atoms with Crippen molar-refractivity contribution in [3.05, 3.63) is 35.1 Å². The molecule has 0 bridgehead atoms. The first-order chi connectivity index (χ1) is 9.81. The van der Waals surface area contributed by atoms with Crippen LogP contribution in [0.15, 0.2) is 18.2 Å². The topological polar surface area (TPSA) is 104 Å². The zero-order chi connectivity index (χ0) is 16.0. The number of nitrogens with one attached hydrogen (secondary N) is 1. The number of Topliss-reactive ketones (excluding diaryl/α,β-unsaturated/α-hetero) is 1. The van der Waals surface area contributed by atoms with Gasteiger partial charge in [-0.2, -0.15) is 0 Å². The summed E-state index contributed by atoms with van der Waals surface area (Å²) in [5.74, 6) is -3.21. The molecule has 0 saturated heterocycles. The Morgan fingerprint density at radius 1 is 1.24 bits per heavy atom. The molecule has 0 aliphatic rings. The first kappa shape index (κ1) is 16.8. The molecule has 3 N–H and O–H groups in total. The van der Waals surface area contributed by atoms with E-state index in [-0.39, 0.29) is 24.1 Å². The lowest BCUT2D eigenvalue weighted by Gasteiger charge is -2.15. The fraction of sp³-hybridized carbons (Fsp3) is 0.357. The Hall–Kier alpha value is -2.28. The van der Waals surface area contributed by atoms with Crippen molar-refractivity contribution in [1.29, 1.82) is 0 Å². The number of benzene rings is 1. The second-order valence-electron chi connectivity index (χ2n) is 4.58. The summed E-state index contributed by atoms with van der Waals surface area (Å²) in [6.45, 7) is 1.47. The van der Waals surface area contributed by atoms with E-state index in [2.05, 4.69) is 5.32 Å². The van der Waals surface area contributed by atoms with Gasteiger partial charge in [-0.25, -0.2) is 4.39 Å². The second kappa shape index (κ2) is 7.49. The van der Waals surface area contributed by atoms with E-state index in [1.54, 1.807) is 0 Å². The van der Waals surface area contributed by atoms with Gasteiger partial charge in [0.25, 0.3) is 0 Å². The molecule has 0 spiro atoms. The normalized spacial score (nSPS) is 11.9. The number of carboxylic acids is 2. The molecule has 6 nitrogen and oxygen atoms in total. The van der Waals surface area contributed by atoms with Crippen molar-refractivity contribution in [2.75, 3.05) is 6.54 Å². The van der Waals surface area contributed by atoms with Gasteiger partial charge in [-0.05, 0) is 30.7 Å². The van der Waals surface area contributed by atoms with Crippen molar-refractivity contribution >= 4 is 17.7 Å². The van der Waals surface area contributed by atoms with Gasteiger partial charge >= 0.3 is 11.9 Å². The fourth-order valence-corrected chi connectivity index (χ4v) is 1.78. The molecule has 0 aliphatic carbocycles. The van der Waals surface area contributed by atoms with E-state index < -0.39 is 36.0 Å². The number of carbonyl (C=O) groups is 3. The first-order valence-electron chi connectivity index (χ1n) is 6.28.